The number of anilines is 2. The van der Waals surface area contributed by atoms with Gasteiger partial charge >= 0.3 is 0 Å². The van der Waals surface area contributed by atoms with E-state index in [0.717, 1.165) is 21.2 Å². The molecule has 0 radical (unpaired) electrons. The number of thioether (sulfide) groups is 1. The minimum Gasteiger partial charge on any atom is -0.322 e. The second kappa shape index (κ2) is 5.65. The van der Waals surface area contributed by atoms with Gasteiger partial charge in [0.05, 0.1) is 17.1 Å². The third kappa shape index (κ3) is 2.53. The lowest BCUT2D eigenvalue weighted by atomic mass is 10.1. The Bertz CT molecular complexity index is 783. The molecule has 2 aromatic rings. The van der Waals surface area contributed by atoms with Crippen molar-refractivity contribution in [3.8, 4) is 0 Å². The molecule has 1 atom stereocenters. The van der Waals surface area contributed by atoms with Crippen molar-refractivity contribution < 1.29 is 9.59 Å². The Morgan fingerprint density at radius 1 is 1.30 bits per heavy atom. The molecular weight excluding hydrogens is 330 g/mol. The van der Waals surface area contributed by atoms with E-state index in [-0.39, 0.29) is 11.8 Å². The van der Waals surface area contributed by atoms with E-state index in [2.05, 4.69) is 9.69 Å². The molecular formula is C16H17N3O2S2. The molecule has 0 bridgehead atoms. The van der Waals surface area contributed by atoms with Crippen LogP contribution in [0, 0.1) is 13.8 Å². The zero-order chi connectivity index (χ0) is 16.8. The van der Waals surface area contributed by atoms with Gasteiger partial charge in [0.15, 0.2) is 4.75 Å². The van der Waals surface area contributed by atoms with Gasteiger partial charge in [0.25, 0.3) is 5.91 Å². The van der Waals surface area contributed by atoms with Crippen LogP contribution in [0.1, 0.15) is 17.5 Å². The maximum Gasteiger partial charge on any atom is 0.252 e. The summed E-state index contributed by atoms with van der Waals surface area (Å²) in [5.74, 6) is -0.544. The molecule has 1 unspecified atom stereocenters. The summed E-state index contributed by atoms with van der Waals surface area (Å²) in [6.45, 7) is 5.42. The number of hydrogen-bond acceptors (Lipinski definition) is 5. The molecule has 0 saturated heterocycles. The molecule has 23 heavy (non-hydrogen) atoms. The lowest BCUT2D eigenvalue weighted by Crippen LogP contribution is -2.53. The first-order chi connectivity index (χ1) is 10.8. The van der Waals surface area contributed by atoms with Gasteiger partial charge in [-0.2, -0.15) is 4.37 Å². The molecule has 1 aliphatic heterocycles. The predicted molar refractivity (Wildman–Crippen MR) is 94.3 cm³/mol. The van der Waals surface area contributed by atoms with Gasteiger partial charge in [-0.05, 0) is 44.4 Å². The zero-order valence-corrected chi connectivity index (χ0v) is 15.0. The van der Waals surface area contributed by atoms with E-state index in [9.17, 15) is 9.59 Å². The van der Waals surface area contributed by atoms with Crippen LogP contribution in [0.5, 0.6) is 0 Å². The minimum atomic E-state index is -1.20. The number of carbonyl (C=O) groups excluding carboxylic acids is 2. The average molecular weight is 347 g/mol. The van der Waals surface area contributed by atoms with Crippen molar-refractivity contribution in [3.63, 3.8) is 0 Å². The third-order valence-corrected chi connectivity index (χ3v) is 6.14. The van der Waals surface area contributed by atoms with Gasteiger partial charge in [-0.25, -0.2) is 0 Å². The smallest absolute Gasteiger partial charge is 0.252 e. The standard InChI is InChI=1S/C16H17N3O2S2/c1-9-13(10(2)23-18-9)17-14(20)16(3)15(21)19(4)11-7-5-6-8-12(11)22-16/h5-8H,1-4H3,(H,17,20). The molecule has 1 aromatic heterocycles. The number of aromatic nitrogens is 1. The van der Waals surface area contributed by atoms with E-state index in [0.29, 0.717) is 5.69 Å². The van der Waals surface area contributed by atoms with Crippen LogP contribution in [0.25, 0.3) is 0 Å². The van der Waals surface area contributed by atoms with Gasteiger partial charge in [0.2, 0.25) is 5.91 Å². The number of hydrogen-bond donors (Lipinski definition) is 1. The summed E-state index contributed by atoms with van der Waals surface area (Å²) >= 11 is 2.63. The van der Waals surface area contributed by atoms with Crippen molar-refractivity contribution in [1.82, 2.24) is 4.37 Å². The average Bonchev–Trinajstić information content (AvgIpc) is 2.84. The first-order valence-corrected chi connectivity index (χ1v) is 8.74. The van der Waals surface area contributed by atoms with Gasteiger partial charge in [0.1, 0.15) is 0 Å². The van der Waals surface area contributed by atoms with E-state index < -0.39 is 4.75 Å². The number of carbonyl (C=O) groups is 2. The first kappa shape index (κ1) is 16.0. The zero-order valence-electron chi connectivity index (χ0n) is 13.3. The Morgan fingerprint density at radius 3 is 2.65 bits per heavy atom. The lowest BCUT2D eigenvalue weighted by Gasteiger charge is -2.36. The monoisotopic (exact) mass is 347 g/mol. The largest absolute Gasteiger partial charge is 0.322 e. The van der Waals surface area contributed by atoms with E-state index in [4.69, 9.17) is 0 Å². The summed E-state index contributed by atoms with van der Waals surface area (Å²) in [6.07, 6.45) is 0. The molecule has 0 spiro atoms. The van der Waals surface area contributed by atoms with Crippen LogP contribution >= 0.6 is 23.3 Å². The third-order valence-electron chi connectivity index (χ3n) is 3.96. The molecule has 0 saturated carbocycles. The number of nitrogens with zero attached hydrogens (tertiary/aromatic N) is 2. The van der Waals surface area contributed by atoms with Crippen molar-refractivity contribution >= 4 is 46.5 Å². The molecule has 2 amide bonds. The summed E-state index contributed by atoms with van der Waals surface area (Å²) in [5.41, 5.74) is 2.31. The molecule has 0 fully saturated rings. The Kier molecular flexibility index (Phi) is 3.93. The summed E-state index contributed by atoms with van der Waals surface area (Å²) in [5, 5.41) is 2.89. The van der Waals surface area contributed by atoms with Gasteiger partial charge in [-0.15, -0.1) is 0 Å². The second-order valence-corrected chi connectivity index (χ2v) is 8.06. The number of aryl methyl sites for hydroxylation is 2. The van der Waals surface area contributed by atoms with Crippen LogP contribution in [0.2, 0.25) is 0 Å². The Hall–Kier alpha value is -1.86. The quantitative estimate of drug-likeness (QED) is 0.847. The number of nitrogens with one attached hydrogen (secondary N) is 1. The molecule has 1 N–H and O–H groups in total. The maximum absolute atomic E-state index is 12.9. The Balaban J connectivity index is 1.95. The van der Waals surface area contributed by atoms with E-state index in [1.54, 1.807) is 18.9 Å². The van der Waals surface area contributed by atoms with Crippen LogP contribution < -0.4 is 10.2 Å². The highest BCUT2D eigenvalue weighted by Gasteiger charge is 2.48. The number of fused-ring (bicyclic) bond motifs is 1. The van der Waals surface area contributed by atoms with E-state index >= 15 is 0 Å². The van der Waals surface area contributed by atoms with Crippen molar-refractivity contribution in [2.24, 2.45) is 0 Å². The predicted octanol–water partition coefficient (Wildman–Crippen LogP) is 3.23. The van der Waals surface area contributed by atoms with Crippen molar-refractivity contribution in [3.05, 3.63) is 34.8 Å². The van der Waals surface area contributed by atoms with Crippen LogP contribution in [0.4, 0.5) is 11.4 Å². The van der Waals surface area contributed by atoms with Gasteiger partial charge < -0.3 is 10.2 Å². The first-order valence-electron chi connectivity index (χ1n) is 7.15. The van der Waals surface area contributed by atoms with Gasteiger partial charge in [-0.3, -0.25) is 9.59 Å². The summed E-state index contributed by atoms with van der Waals surface area (Å²) < 4.78 is 3.03. The highest BCUT2D eigenvalue weighted by atomic mass is 32.2. The topological polar surface area (TPSA) is 62.3 Å². The van der Waals surface area contributed by atoms with Crippen LogP contribution in [0.15, 0.2) is 29.2 Å². The number of benzene rings is 1. The summed E-state index contributed by atoms with van der Waals surface area (Å²) in [6, 6.07) is 7.60. The maximum atomic E-state index is 12.9. The highest BCUT2D eigenvalue weighted by Crippen LogP contribution is 2.45. The number of amides is 2. The van der Waals surface area contributed by atoms with Crippen molar-refractivity contribution in [2.45, 2.75) is 30.4 Å². The summed E-state index contributed by atoms with van der Waals surface area (Å²) in [7, 11) is 1.70. The highest BCUT2D eigenvalue weighted by molar-refractivity contribution is 8.02. The molecule has 1 aliphatic rings. The summed E-state index contributed by atoms with van der Waals surface area (Å²) in [4.78, 5) is 29.0. The lowest BCUT2D eigenvalue weighted by molar-refractivity contribution is -0.128. The molecule has 3 rings (SSSR count). The van der Waals surface area contributed by atoms with Gasteiger partial charge in [-0.1, -0.05) is 23.9 Å². The number of rotatable bonds is 2. The molecule has 120 valence electrons. The molecule has 7 heteroatoms. The Labute approximate surface area is 143 Å². The van der Waals surface area contributed by atoms with Gasteiger partial charge in [0, 0.05) is 16.8 Å². The van der Waals surface area contributed by atoms with E-state index in [1.165, 1.54) is 23.3 Å². The molecule has 2 heterocycles. The van der Waals surface area contributed by atoms with Crippen molar-refractivity contribution in [2.75, 3.05) is 17.3 Å². The molecule has 5 nitrogen and oxygen atoms in total. The van der Waals surface area contributed by atoms with Crippen molar-refractivity contribution in [1.29, 1.82) is 0 Å². The second-order valence-electron chi connectivity index (χ2n) is 5.62. The molecule has 1 aromatic carbocycles. The SMILES string of the molecule is Cc1nsc(C)c1NC(=O)C1(C)Sc2ccccc2N(C)C1=O. The number of para-hydroxylation sites is 1. The van der Waals surface area contributed by atoms with Crippen LogP contribution in [-0.2, 0) is 9.59 Å². The normalized spacial score (nSPS) is 20.3. The van der Waals surface area contributed by atoms with Crippen LogP contribution in [0.3, 0.4) is 0 Å². The Morgan fingerprint density at radius 2 is 2.00 bits per heavy atom. The van der Waals surface area contributed by atoms with E-state index in [1.807, 2.05) is 38.1 Å². The fraction of sp³-hybridized carbons (Fsp3) is 0.312. The van der Waals surface area contributed by atoms with Crippen LogP contribution in [-0.4, -0.2) is 28.0 Å². The molecule has 0 aliphatic carbocycles. The fourth-order valence-electron chi connectivity index (χ4n) is 2.55. The minimum absolute atomic E-state index is 0.225. The fourth-order valence-corrected chi connectivity index (χ4v) is 4.47.